The Bertz CT molecular complexity index is 949. The van der Waals surface area contributed by atoms with Crippen LogP contribution in [0.3, 0.4) is 0 Å². The number of esters is 1. The minimum Gasteiger partial charge on any atom is -0.496 e. The molecule has 0 unspecified atom stereocenters. The zero-order valence-corrected chi connectivity index (χ0v) is 14.9. The zero-order chi connectivity index (χ0) is 19.6. The van der Waals surface area contributed by atoms with E-state index in [9.17, 15) is 19.2 Å². The first-order valence-corrected chi connectivity index (χ1v) is 8.21. The number of Topliss-reactive ketones (excluding diaryl/α,β-unsaturated/α-hetero) is 2. The normalized spacial score (nSPS) is 12.7. The minimum absolute atomic E-state index is 0.122. The second-order valence-corrected chi connectivity index (χ2v) is 5.98. The van der Waals surface area contributed by atoms with Gasteiger partial charge in [0, 0.05) is 11.1 Å². The van der Waals surface area contributed by atoms with E-state index in [0.717, 1.165) is 4.90 Å². The van der Waals surface area contributed by atoms with Gasteiger partial charge in [0.2, 0.25) is 0 Å². The van der Waals surface area contributed by atoms with E-state index in [2.05, 4.69) is 0 Å². The van der Waals surface area contributed by atoms with Crippen LogP contribution in [-0.4, -0.2) is 37.1 Å². The second kappa shape index (κ2) is 7.41. The van der Waals surface area contributed by atoms with Crippen molar-refractivity contribution in [1.29, 1.82) is 0 Å². The van der Waals surface area contributed by atoms with Gasteiger partial charge in [-0.3, -0.25) is 24.1 Å². The number of para-hydroxylation sites is 1. The number of amides is 1. The van der Waals surface area contributed by atoms with E-state index < -0.39 is 17.7 Å². The average molecular weight is 367 g/mol. The van der Waals surface area contributed by atoms with Crippen molar-refractivity contribution in [3.63, 3.8) is 0 Å². The molecule has 3 rings (SSSR count). The highest BCUT2D eigenvalue weighted by molar-refractivity contribution is 6.52. The molecule has 138 valence electrons. The van der Waals surface area contributed by atoms with Crippen molar-refractivity contribution in [3.8, 4) is 5.75 Å². The number of fused-ring (bicyclic) bond motifs is 1. The molecule has 2 aromatic rings. The van der Waals surface area contributed by atoms with Crippen molar-refractivity contribution < 1.29 is 28.7 Å². The van der Waals surface area contributed by atoms with E-state index in [-0.39, 0.29) is 24.5 Å². The molecule has 0 aliphatic carbocycles. The Balaban J connectivity index is 1.71. The number of methoxy groups -OCH3 is 1. The van der Waals surface area contributed by atoms with Crippen molar-refractivity contribution in [2.75, 3.05) is 18.6 Å². The van der Waals surface area contributed by atoms with Gasteiger partial charge in [-0.2, -0.15) is 0 Å². The Morgan fingerprint density at radius 1 is 1.07 bits per heavy atom. The largest absolute Gasteiger partial charge is 0.496 e. The fraction of sp³-hybridized carbons (Fsp3) is 0.200. The van der Waals surface area contributed by atoms with Gasteiger partial charge in [0.15, 0.2) is 5.78 Å². The number of carbonyl (C=O) groups excluding carboxylic acids is 4. The fourth-order valence-corrected chi connectivity index (χ4v) is 2.85. The molecule has 0 saturated heterocycles. The highest BCUT2D eigenvalue weighted by Gasteiger charge is 2.36. The van der Waals surface area contributed by atoms with Gasteiger partial charge in [-0.15, -0.1) is 0 Å². The Kier molecular flexibility index (Phi) is 5.03. The molecular weight excluding hydrogens is 350 g/mol. The monoisotopic (exact) mass is 367 g/mol. The zero-order valence-electron chi connectivity index (χ0n) is 14.9. The van der Waals surface area contributed by atoms with E-state index in [4.69, 9.17) is 9.47 Å². The quantitative estimate of drug-likeness (QED) is 0.442. The van der Waals surface area contributed by atoms with Crippen LogP contribution in [-0.2, 0) is 20.9 Å². The van der Waals surface area contributed by atoms with Gasteiger partial charge >= 0.3 is 5.97 Å². The first-order valence-electron chi connectivity index (χ1n) is 8.21. The molecule has 1 heterocycles. The maximum absolute atomic E-state index is 12.2. The molecule has 0 saturated carbocycles. The third-order valence-corrected chi connectivity index (χ3v) is 4.24. The smallest absolute Gasteiger partial charge is 0.326 e. The third-order valence-electron chi connectivity index (χ3n) is 4.24. The second-order valence-electron chi connectivity index (χ2n) is 5.98. The van der Waals surface area contributed by atoms with Crippen molar-refractivity contribution in [2.24, 2.45) is 0 Å². The summed E-state index contributed by atoms with van der Waals surface area (Å²) in [5, 5.41) is 0. The molecule has 0 N–H and O–H groups in total. The van der Waals surface area contributed by atoms with E-state index in [1.165, 1.54) is 14.0 Å². The van der Waals surface area contributed by atoms with Crippen LogP contribution < -0.4 is 9.64 Å². The van der Waals surface area contributed by atoms with Gasteiger partial charge in [0.25, 0.3) is 11.7 Å². The highest BCUT2D eigenvalue weighted by atomic mass is 16.5. The lowest BCUT2D eigenvalue weighted by atomic mass is 10.1. The van der Waals surface area contributed by atoms with Crippen LogP contribution in [0, 0.1) is 0 Å². The number of hydrogen-bond donors (Lipinski definition) is 0. The number of anilines is 1. The topological polar surface area (TPSA) is 90.0 Å². The number of carbonyl (C=O) groups is 4. The van der Waals surface area contributed by atoms with Crippen molar-refractivity contribution in [2.45, 2.75) is 13.5 Å². The summed E-state index contributed by atoms with van der Waals surface area (Å²) in [6.45, 7) is 0.933. The summed E-state index contributed by atoms with van der Waals surface area (Å²) in [7, 11) is 1.47. The summed E-state index contributed by atoms with van der Waals surface area (Å²) >= 11 is 0. The molecule has 7 heteroatoms. The lowest BCUT2D eigenvalue weighted by molar-refractivity contribution is -0.143. The number of hydrogen-bond acceptors (Lipinski definition) is 6. The number of nitrogens with zero attached hydrogens (tertiary/aromatic N) is 1. The lowest BCUT2D eigenvalue weighted by Crippen LogP contribution is -2.35. The molecule has 0 aromatic heterocycles. The molecule has 2 aromatic carbocycles. The van der Waals surface area contributed by atoms with Gasteiger partial charge in [-0.1, -0.05) is 12.1 Å². The van der Waals surface area contributed by atoms with Crippen LogP contribution in [0.4, 0.5) is 5.69 Å². The average Bonchev–Trinajstić information content (AvgIpc) is 2.91. The molecule has 1 aliphatic heterocycles. The SMILES string of the molecule is COc1ccc(C(C)=O)cc1COC(=O)CN1C(=O)C(=O)c2ccccc21. The first-order chi connectivity index (χ1) is 12.9. The Hall–Kier alpha value is -3.48. The number of ketones is 2. The van der Waals surface area contributed by atoms with Gasteiger partial charge in [0.05, 0.1) is 18.4 Å². The Labute approximate surface area is 155 Å². The standard InChI is InChI=1S/C20H17NO6/c1-12(22)13-7-8-17(26-2)14(9-13)11-27-18(23)10-21-16-6-4-3-5-15(16)19(24)20(21)25/h3-9H,10-11H2,1-2H3. The molecule has 0 radical (unpaired) electrons. The van der Waals surface area contributed by atoms with E-state index in [1.807, 2.05) is 0 Å². The number of rotatable bonds is 6. The predicted molar refractivity (Wildman–Crippen MR) is 95.9 cm³/mol. The summed E-state index contributed by atoms with van der Waals surface area (Å²) in [6.07, 6.45) is 0. The molecule has 0 spiro atoms. The molecule has 0 fully saturated rings. The lowest BCUT2D eigenvalue weighted by Gasteiger charge is -2.16. The Morgan fingerprint density at radius 2 is 1.81 bits per heavy atom. The van der Waals surface area contributed by atoms with E-state index in [1.54, 1.807) is 42.5 Å². The van der Waals surface area contributed by atoms with Crippen molar-refractivity contribution in [3.05, 3.63) is 59.2 Å². The van der Waals surface area contributed by atoms with Crippen LogP contribution in [0.25, 0.3) is 0 Å². The number of benzene rings is 2. The molecule has 0 atom stereocenters. The fourth-order valence-electron chi connectivity index (χ4n) is 2.85. The van der Waals surface area contributed by atoms with Gasteiger partial charge in [0.1, 0.15) is 18.9 Å². The highest BCUT2D eigenvalue weighted by Crippen LogP contribution is 2.28. The molecule has 7 nitrogen and oxygen atoms in total. The maximum Gasteiger partial charge on any atom is 0.326 e. The summed E-state index contributed by atoms with van der Waals surface area (Å²) in [5.41, 5.74) is 1.66. The van der Waals surface area contributed by atoms with Crippen molar-refractivity contribution in [1.82, 2.24) is 0 Å². The van der Waals surface area contributed by atoms with E-state index in [0.29, 0.717) is 22.6 Å². The summed E-state index contributed by atoms with van der Waals surface area (Å²) in [6, 6.07) is 11.3. The van der Waals surface area contributed by atoms with Crippen LogP contribution >= 0.6 is 0 Å². The van der Waals surface area contributed by atoms with E-state index >= 15 is 0 Å². The summed E-state index contributed by atoms with van der Waals surface area (Å²) in [4.78, 5) is 48.9. The van der Waals surface area contributed by atoms with Crippen LogP contribution in [0.2, 0.25) is 0 Å². The third kappa shape index (κ3) is 3.57. The predicted octanol–water partition coefficient (Wildman–Crippen LogP) is 2.17. The molecule has 1 amide bonds. The maximum atomic E-state index is 12.2. The number of ether oxygens (including phenoxy) is 2. The van der Waals surface area contributed by atoms with Gasteiger partial charge in [-0.05, 0) is 37.3 Å². The summed E-state index contributed by atoms with van der Waals surface area (Å²) in [5.74, 6) is -1.73. The molecule has 0 bridgehead atoms. The molecule has 27 heavy (non-hydrogen) atoms. The van der Waals surface area contributed by atoms with Crippen LogP contribution in [0.1, 0.15) is 33.2 Å². The van der Waals surface area contributed by atoms with Crippen LogP contribution in [0.5, 0.6) is 5.75 Å². The van der Waals surface area contributed by atoms with Crippen molar-refractivity contribution >= 4 is 29.1 Å². The molecular formula is C20H17NO6. The Morgan fingerprint density at radius 3 is 2.52 bits per heavy atom. The van der Waals surface area contributed by atoms with Crippen LogP contribution in [0.15, 0.2) is 42.5 Å². The van der Waals surface area contributed by atoms with Gasteiger partial charge in [-0.25, -0.2) is 0 Å². The molecule has 1 aliphatic rings. The summed E-state index contributed by atoms with van der Waals surface area (Å²) < 4.78 is 10.4. The minimum atomic E-state index is -0.760. The first kappa shape index (κ1) is 18.3. The van der Waals surface area contributed by atoms with Gasteiger partial charge < -0.3 is 9.47 Å².